The fraction of sp³-hybridized carbons (Fsp3) is 0.258. The number of ether oxygens (including phenoxy) is 2. The van der Waals surface area contributed by atoms with Crippen molar-refractivity contribution in [2.75, 3.05) is 24.4 Å². The fourth-order valence-electron chi connectivity index (χ4n) is 4.82. The molecule has 11 nitrogen and oxygen atoms in total. The van der Waals surface area contributed by atoms with Crippen LogP contribution in [0.25, 0.3) is 11.3 Å². The van der Waals surface area contributed by atoms with Gasteiger partial charge >= 0.3 is 0 Å². The first kappa shape index (κ1) is 29.5. The van der Waals surface area contributed by atoms with E-state index in [4.69, 9.17) is 26.1 Å². The second-order valence-electron chi connectivity index (χ2n) is 10.9. The maximum Gasteiger partial charge on any atom is 0.273 e. The Morgan fingerprint density at radius 2 is 1.84 bits per heavy atom. The number of non-ortho nitro benzene ring substituents is 1. The van der Waals surface area contributed by atoms with Crippen LogP contribution in [0, 0.1) is 15.5 Å². The molecule has 2 aromatic carbocycles. The predicted octanol–water partition coefficient (Wildman–Crippen LogP) is 6.43. The highest BCUT2D eigenvalue weighted by molar-refractivity contribution is 7.80. The van der Waals surface area contributed by atoms with Crippen LogP contribution in [0.1, 0.15) is 44.3 Å². The van der Waals surface area contributed by atoms with E-state index in [0.29, 0.717) is 45.1 Å². The Balaban J connectivity index is 1.57. The van der Waals surface area contributed by atoms with Gasteiger partial charge in [-0.05, 0) is 54.7 Å². The largest absolute Gasteiger partial charge is 0.496 e. The van der Waals surface area contributed by atoms with Crippen LogP contribution in [0.2, 0.25) is 0 Å². The molecule has 0 spiro atoms. The number of pyridine rings is 1. The molecule has 0 aliphatic carbocycles. The molecule has 0 radical (unpaired) electrons. The number of hydrogen-bond acceptors (Lipinski definition) is 8. The molecule has 2 N–H and O–H groups in total. The molecule has 4 aromatic rings. The minimum absolute atomic E-state index is 0.0878. The Kier molecular flexibility index (Phi) is 8.05. The first-order valence-electron chi connectivity index (χ1n) is 13.4. The second-order valence-corrected chi connectivity index (χ2v) is 11.3. The number of nitro groups is 1. The van der Waals surface area contributed by atoms with Gasteiger partial charge in [-0.3, -0.25) is 19.9 Å². The summed E-state index contributed by atoms with van der Waals surface area (Å²) >= 11 is 5.84. The predicted molar refractivity (Wildman–Crippen MR) is 166 cm³/mol. The number of amides is 1. The van der Waals surface area contributed by atoms with E-state index in [1.807, 2.05) is 62.1 Å². The zero-order valence-corrected chi connectivity index (χ0v) is 25.1. The maximum atomic E-state index is 12.7. The van der Waals surface area contributed by atoms with Gasteiger partial charge in [0, 0.05) is 29.4 Å². The molecule has 2 aromatic heterocycles. The Bertz CT molecular complexity index is 1680. The molecule has 3 heterocycles. The standard InChI is InChI=1S/C31H31N5O6S/c1-31(2,3)29(37)33-21-12-10-18(16-26(21)41-5)35-28(27(34-30(35)43)22-8-6-7-15-32-22)24-14-13-23(42-24)20-11-9-19(36(38)39)17-25(20)40-4/h6-17,27-28H,1-5H3,(H,33,37)(H,34,43)/t27-,28-/m1/s1. The lowest BCUT2D eigenvalue weighted by molar-refractivity contribution is -0.384. The lowest BCUT2D eigenvalue weighted by Gasteiger charge is -2.27. The Morgan fingerprint density at radius 3 is 2.49 bits per heavy atom. The van der Waals surface area contributed by atoms with Crippen molar-refractivity contribution in [1.29, 1.82) is 0 Å². The molecule has 0 saturated carbocycles. The number of methoxy groups -OCH3 is 2. The summed E-state index contributed by atoms with van der Waals surface area (Å²) < 4.78 is 17.5. The topological polar surface area (TPSA) is 132 Å². The first-order valence-corrected chi connectivity index (χ1v) is 13.9. The molecule has 1 aliphatic heterocycles. The lowest BCUT2D eigenvalue weighted by atomic mass is 9.95. The molecule has 2 atom stereocenters. The van der Waals surface area contributed by atoms with Crippen molar-refractivity contribution in [1.82, 2.24) is 10.3 Å². The molecule has 0 unspecified atom stereocenters. The van der Waals surface area contributed by atoms with Crippen LogP contribution >= 0.6 is 12.2 Å². The molecule has 0 bridgehead atoms. The number of anilines is 2. The van der Waals surface area contributed by atoms with Gasteiger partial charge in [-0.2, -0.15) is 0 Å². The van der Waals surface area contributed by atoms with Crippen LogP contribution in [-0.4, -0.2) is 35.1 Å². The maximum absolute atomic E-state index is 12.7. The molecule has 1 amide bonds. The smallest absolute Gasteiger partial charge is 0.273 e. The van der Waals surface area contributed by atoms with E-state index in [-0.39, 0.29) is 17.6 Å². The van der Waals surface area contributed by atoms with E-state index in [0.717, 1.165) is 5.69 Å². The summed E-state index contributed by atoms with van der Waals surface area (Å²) in [5, 5.41) is 18.1. The summed E-state index contributed by atoms with van der Waals surface area (Å²) in [5.74, 6) is 1.68. The third kappa shape index (κ3) is 5.86. The van der Waals surface area contributed by atoms with E-state index < -0.39 is 16.4 Å². The molecule has 1 saturated heterocycles. The van der Waals surface area contributed by atoms with Gasteiger partial charge in [0.15, 0.2) is 5.11 Å². The fourth-order valence-corrected chi connectivity index (χ4v) is 5.16. The van der Waals surface area contributed by atoms with Gasteiger partial charge in [-0.1, -0.05) is 26.8 Å². The average molecular weight is 602 g/mol. The van der Waals surface area contributed by atoms with Gasteiger partial charge in [0.2, 0.25) is 5.91 Å². The quantitative estimate of drug-likeness (QED) is 0.132. The Hall–Kier alpha value is -4.97. The van der Waals surface area contributed by atoms with E-state index in [9.17, 15) is 14.9 Å². The van der Waals surface area contributed by atoms with Crippen LogP contribution in [0.3, 0.4) is 0 Å². The molecular weight excluding hydrogens is 570 g/mol. The molecule has 5 rings (SSSR count). The van der Waals surface area contributed by atoms with Gasteiger partial charge in [0.1, 0.15) is 29.1 Å². The number of hydrogen-bond donors (Lipinski definition) is 2. The number of carbonyl (C=O) groups is 1. The third-order valence-electron chi connectivity index (χ3n) is 7.07. The van der Waals surface area contributed by atoms with E-state index in [2.05, 4.69) is 15.6 Å². The van der Waals surface area contributed by atoms with Gasteiger partial charge in [0.05, 0.1) is 48.2 Å². The third-order valence-corrected chi connectivity index (χ3v) is 7.38. The monoisotopic (exact) mass is 601 g/mol. The van der Waals surface area contributed by atoms with Crippen LogP contribution < -0.4 is 25.0 Å². The van der Waals surface area contributed by atoms with Crippen molar-refractivity contribution in [2.24, 2.45) is 5.41 Å². The molecule has 43 heavy (non-hydrogen) atoms. The molecule has 1 aliphatic rings. The number of rotatable bonds is 8. The minimum Gasteiger partial charge on any atom is -0.496 e. The molecule has 222 valence electrons. The lowest BCUT2D eigenvalue weighted by Crippen LogP contribution is -2.30. The van der Waals surface area contributed by atoms with Crippen LogP contribution in [0.5, 0.6) is 11.5 Å². The van der Waals surface area contributed by atoms with E-state index in [1.165, 1.54) is 26.4 Å². The van der Waals surface area contributed by atoms with Crippen molar-refractivity contribution >= 4 is 40.3 Å². The van der Waals surface area contributed by atoms with E-state index in [1.54, 1.807) is 24.4 Å². The highest BCUT2D eigenvalue weighted by Gasteiger charge is 2.43. The average Bonchev–Trinajstić information content (AvgIpc) is 3.61. The van der Waals surface area contributed by atoms with Crippen molar-refractivity contribution in [2.45, 2.75) is 32.9 Å². The molecule has 12 heteroatoms. The number of nitrogens with zero attached hydrogens (tertiary/aromatic N) is 3. The second kappa shape index (κ2) is 11.7. The summed E-state index contributed by atoms with van der Waals surface area (Å²) in [6.45, 7) is 5.51. The Morgan fingerprint density at radius 1 is 1.07 bits per heavy atom. The van der Waals surface area contributed by atoms with Gasteiger partial charge in [-0.25, -0.2) is 0 Å². The molecule has 1 fully saturated rings. The number of nitrogens with one attached hydrogen (secondary N) is 2. The van der Waals surface area contributed by atoms with Gasteiger partial charge in [-0.15, -0.1) is 0 Å². The summed E-state index contributed by atoms with van der Waals surface area (Å²) in [7, 11) is 2.99. The van der Waals surface area contributed by atoms with Crippen molar-refractivity contribution in [3.05, 3.63) is 94.5 Å². The highest BCUT2D eigenvalue weighted by atomic mass is 32.1. The van der Waals surface area contributed by atoms with Crippen molar-refractivity contribution < 1.29 is 23.6 Å². The summed E-state index contributed by atoms with van der Waals surface area (Å²) in [6, 6.07) is 18.2. The Labute approximate surface area is 254 Å². The number of nitro benzene ring substituents is 1. The summed E-state index contributed by atoms with van der Waals surface area (Å²) in [6.07, 6.45) is 1.71. The number of carbonyl (C=O) groups excluding carboxylic acids is 1. The minimum atomic E-state index is -0.589. The van der Waals surface area contributed by atoms with Crippen LogP contribution in [-0.2, 0) is 4.79 Å². The number of aromatic nitrogens is 1. The van der Waals surface area contributed by atoms with Crippen molar-refractivity contribution in [3.63, 3.8) is 0 Å². The number of thiocarbonyl (C=S) groups is 1. The zero-order valence-electron chi connectivity index (χ0n) is 24.3. The first-order chi connectivity index (χ1) is 20.5. The summed E-state index contributed by atoms with van der Waals surface area (Å²) in [5.41, 5.74) is 1.88. The van der Waals surface area contributed by atoms with Gasteiger partial charge < -0.3 is 29.4 Å². The van der Waals surface area contributed by atoms with E-state index >= 15 is 0 Å². The van der Waals surface area contributed by atoms with Gasteiger partial charge in [0.25, 0.3) is 5.69 Å². The van der Waals surface area contributed by atoms with Crippen LogP contribution in [0.4, 0.5) is 17.1 Å². The summed E-state index contributed by atoms with van der Waals surface area (Å²) in [4.78, 5) is 30.0. The molecular formula is C31H31N5O6S. The highest BCUT2D eigenvalue weighted by Crippen LogP contribution is 2.45. The van der Waals surface area contributed by atoms with Crippen LogP contribution in [0.15, 0.2) is 77.3 Å². The SMILES string of the molecule is COc1cc(N2C(=S)N[C@H](c3ccccn3)[C@H]2c2ccc(-c3ccc([N+](=O)[O-])cc3OC)o2)ccc1NC(=O)C(C)(C)C. The normalized spacial score (nSPS) is 16.5. The number of furan rings is 1. The number of benzene rings is 2. The zero-order chi connectivity index (χ0) is 30.9. The van der Waals surface area contributed by atoms with Crippen molar-refractivity contribution in [3.8, 4) is 22.8 Å².